The van der Waals surface area contributed by atoms with Crippen LogP contribution in [0.2, 0.25) is 0 Å². The van der Waals surface area contributed by atoms with E-state index in [2.05, 4.69) is 11.6 Å². The quantitative estimate of drug-likeness (QED) is 0.639. The molecule has 0 unspecified atom stereocenters. The summed E-state index contributed by atoms with van der Waals surface area (Å²) in [6, 6.07) is 0. The zero-order valence-corrected chi connectivity index (χ0v) is 8.35. The second kappa shape index (κ2) is 5.03. The number of hydrogen-bond acceptors (Lipinski definition) is 2. The Balaban J connectivity index is 0.000000371. The first-order chi connectivity index (χ1) is 4.77. The Morgan fingerprint density at radius 2 is 1.90 bits per heavy atom. The van der Waals surface area contributed by atoms with E-state index in [9.17, 15) is 0 Å². The van der Waals surface area contributed by atoms with Gasteiger partial charge in [0.25, 0.3) is 0 Å². The third-order valence-corrected chi connectivity index (χ3v) is 2.80. The van der Waals surface area contributed by atoms with Crippen molar-refractivity contribution in [3.05, 3.63) is 0 Å². The van der Waals surface area contributed by atoms with E-state index in [-0.39, 0.29) is 0 Å². The number of nitrogens with one attached hydrogen (secondary N) is 1. The molecule has 0 aromatic heterocycles. The molecule has 1 saturated carbocycles. The minimum atomic E-state index is 0.702. The molecule has 1 aliphatic carbocycles. The van der Waals surface area contributed by atoms with E-state index in [0.717, 1.165) is 0 Å². The van der Waals surface area contributed by atoms with Crippen LogP contribution in [0.5, 0.6) is 0 Å². The zero-order chi connectivity index (χ0) is 8.04. The van der Waals surface area contributed by atoms with E-state index in [1.165, 1.54) is 18.6 Å². The van der Waals surface area contributed by atoms with Crippen LogP contribution >= 0.6 is 11.9 Å². The predicted octanol–water partition coefficient (Wildman–Crippen LogP) is 2.68. The summed E-state index contributed by atoms with van der Waals surface area (Å²) in [5, 5.41) is 0. The van der Waals surface area contributed by atoms with Gasteiger partial charge in [-0.1, -0.05) is 32.7 Å². The lowest BCUT2D eigenvalue weighted by atomic mass is 10.2. The molecule has 1 fully saturated rings. The van der Waals surface area contributed by atoms with E-state index in [4.69, 9.17) is 0 Å². The van der Waals surface area contributed by atoms with Gasteiger partial charge in [0, 0.05) is 5.75 Å². The van der Waals surface area contributed by atoms with E-state index >= 15 is 0 Å². The minimum absolute atomic E-state index is 0.702. The number of hydrogen-bond donors (Lipinski definition) is 1. The van der Waals surface area contributed by atoms with Crippen LogP contribution in [0.25, 0.3) is 0 Å². The van der Waals surface area contributed by atoms with Gasteiger partial charge in [0.15, 0.2) is 0 Å². The monoisotopic (exact) mass is 161 g/mol. The summed E-state index contributed by atoms with van der Waals surface area (Å²) in [7, 11) is 1.98. The van der Waals surface area contributed by atoms with Crippen molar-refractivity contribution in [1.29, 1.82) is 0 Å². The highest BCUT2D eigenvalue weighted by atomic mass is 32.2. The van der Waals surface area contributed by atoms with Crippen LogP contribution < -0.4 is 4.72 Å². The van der Waals surface area contributed by atoms with Gasteiger partial charge in [0.1, 0.15) is 0 Å². The molecule has 0 spiro atoms. The van der Waals surface area contributed by atoms with E-state index < -0.39 is 0 Å². The van der Waals surface area contributed by atoms with Gasteiger partial charge in [-0.25, -0.2) is 0 Å². The van der Waals surface area contributed by atoms with Crippen LogP contribution in [0, 0.1) is 5.41 Å². The summed E-state index contributed by atoms with van der Waals surface area (Å²) in [5.74, 6) is 1.28. The van der Waals surface area contributed by atoms with Crippen molar-refractivity contribution < 1.29 is 0 Å². The van der Waals surface area contributed by atoms with Crippen LogP contribution in [0.3, 0.4) is 0 Å². The average molecular weight is 161 g/mol. The molecule has 0 saturated heterocycles. The summed E-state index contributed by atoms with van der Waals surface area (Å²) in [6.45, 7) is 6.34. The summed E-state index contributed by atoms with van der Waals surface area (Å²) >= 11 is 1.83. The van der Waals surface area contributed by atoms with E-state index in [1.807, 2.05) is 32.8 Å². The molecular formula is C8H19NS. The van der Waals surface area contributed by atoms with Crippen molar-refractivity contribution in [1.82, 2.24) is 4.72 Å². The first kappa shape index (κ1) is 10.3. The lowest BCUT2D eigenvalue weighted by molar-refractivity contribution is 0.665. The molecule has 0 aliphatic heterocycles. The summed E-state index contributed by atoms with van der Waals surface area (Å²) in [5.41, 5.74) is 0.702. The maximum absolute atomic E-state index is 3.08. The predicted molar refractivity (Wildman–Crippen MR) is 50.2 cm³/mol. The smallest absolute Gasteiger partial charge is 0.0132 e. The van der Waals surface area contributed by atoms with Crippen LogP contribution in [0.4, 0.5) is 0 Å². The maximum atomic E-state index is 3.08. The summed E-state index contributed by atoms with van der Waals surface area (Å²) in [4.78, 5) is 0. The van der Waals surface area contributed by atoms with Gasteiger partial charge < -0.3 is 0 Å². The summed E-state index contributed by atoms with van der Waals surface area (Å²) < 4.78 is 3.08. The van der Waals surface area contributed by atoms with Crippen LogP contribution in [-0.4, -0.2) is 12.8 Å². The maximum Gasteiger partial charge on any atom is 0.0132 e. The zero-order valence-electron chi connectivity index (χ0n) is 7.53. The molecular weight excluding hydrogens is 142 g/mol. The van der Waals surface area contributed by atoms with Crippen molar-refractivity contribution in [2.45, 2.75) is 33.6 Å². The van der Waals surface area contributed by atoms with E-state index in [0.29, 0.717) is 5.41 Å². The van der Waals surface area contributed by atoms with Crippen molar-refractivity contribution in [2.24, 2.45) is 5.41 Å². The molecule has 1 nitrogen and oxygen atoms in total. The van der Waals surface area contributed by atoms with Crippen molar-refractivity contribution in [3.8, 4) is 0 Å². The van der Waals surface area contributed by atoms with E-state index in [1.54, 1.807) is 0 Å². The molecule has 0 aromatic carbocycles. The molecule has 0 heterocycles. The van der Waals surface area contributed by atoms with Gasteiger partial charge in [-0.05, 0) is 25.3 Å². The highest BCUT2D eigenvalue weighted by Crippen LogP contribution is 2.46. The Morgan fingerprint density at radius 3 is 2.20 bits per heavy atom. The second-order valence-electron chi connectivity index (χ2n) is 2.80. The van der Waals surface area contributed by atoms with Crippen LogP contribution in [0.15, 0.2) is 0 Å². The Labute approximate surface area is 69.1 Å². The first-order valence-corrected chi connectivity index (χ1v) is 5.04. The number of rotatable bonds is 3. The standard InChI is InChI=1S/C6H13NS.C2H6/c1-6(3-4-6)5-8-7-2;1-2/h7H,3-5H2,1-2H3;1-2H3. The largest absolute Gasteiger partial charge is 0.267 e. The van der Waals surface area contributed by atoms with Gasteiger partial charge in [-0.15, -0.1) is 0 Å². The lowest BCUT2D eigenvalue weighted by Crippen LogP contribution is -2.02. The van der Waals surface area contributed by atoms with Gasteiger partial charge in [0.2, 0.25) is 0 Å². The Bertz CT molecular complexity index is 79.3. The molecule has 0 aromatic rings. The fourth-order valence-corrected chi connectivity index (χ4v) is 1.39. The second-order valence-corrected chi connectivity index (χ2v) is 3.79. The van der Waals surface area contributed by atoms with Crippen molar-refractivity contribution >= 4 is 11.9 Å². The Hall–Kier alpha value is 0.310. The molecule has 10 heavy (non-hydrogen) atoms. The van der Waals surface area contributed by atoms with Gasteiger partial charge in [-0.3, -0.25) is 4.72 Å². The average Bonchev–Trinajstić information content (AvgIpc) is 2.70. The topological polar surface area (TPSA) is 12.0 Å². The van der Waals surface area contributed by atoms with Crippen molar-refractivity contribution in [2.75, 3.05) is 12.8 Å². The highest BCUT2D eigenvalue weighted by molar-refractivity contribution is 7.97. The molecule has 1 rings (SSSR count). The molecule has 1 N–H and O–H groups in total. The fourth-order valence-electron chi connectivity index (χ4n) is 0.604. The minimum Gasteiger partial charge on any atom is -0.267 e. The first-order valence-electron chi connectivity index (χ1n) is 4.05. The van der Waals surface area contributed by atoms with Crippen LogP contribution in [0.1, 0.15) is 33.6 Å². The van der Waals surface area contributed by atoms with Gasteiger partial charge >= 0.3 is 0 Å². The van der Waals surface area contributed by atoms with Gasteiger partial charge in [-0.2, -0.15) is 0 Å². The summed E-state index contributed by atoms with van der Waals surface area (Å²) in [6.07, 6.45) is 2.86. The normalized spacial score (nSPS) is 19.2. The third kappa shape index (κ3) is 4.18. The van der Waals surface area contributed by atoms with Crippen LogP contribution in [-0.2, 0) is 0 Å². The molecule has 2 heteroatoms. The van der Waals surface area contributed by atoms with Crippen molar-refractivity contribution in [3.63, 3.8) is 0 Å². The molecule has 0 bridgehead atoms. The molecule has 62 valence electrons. The highest BCUT2D eigenvalue weighted by Gasteiger charge is 2.36. The van der Waals surface area contributed by atoms with Gasteiger partial charge in [0.05, 0.1) is 0 Å². The molecule has 0 amide bonds. The SMILES string of the molecule is CC.CNSCC1(C)CC1. The third-order valence-electron chi connectivity index (χ3n) is 1.67. The molecule has 0 atom stereocenters. The lowest BCUT2D eigenvalue weighted by Gasteiger charge is -2.03. The molecule has 1 aliphatic rings. The Morgan fingerprint density at radius 1 is 1.40 bits per heavy atom. The fraction of sp³-hybridized carbons (Fsp3) is 1.00. The Kier molecular flexibility index (Phi) is 5.18. The molecule has 0 radical (unpaired) electrons.